The molecule has 1 fully saturated rings. The van der Waals surface area contributed by atoms with Crippen LogP contribution in [0.1, 0.15) is 16.9 Å². The summed E-state index contributed by atoms with van der Waals surface area (Å²) in [5.74, 6) is 0. The summed E-state index contributed by atoms with van der Waals surface area (Å²) in [5.41, 5.74) is 7.69. The van der Waals surface area contributed by atoms with E-state index in [1.165, 1.54) is 18.5 Å². The Bertz CT molecular complexity index is 385. The van der Waals surface area contributed by atoms with Crippen molar-refractivity contribution in [2.24, 2.45) is 11.1 Å². The molecule has 1 saturated heterocycles. The summed E-state index contributed by atoms with van der Waals surface area (Å²) < 4.78 is 5.54. The second-order valence-corrected chi connectivity index (χ2v) is 6.34. The van der Waals surface area contributed by atoms with Crippen LogP contribution in [0.15, 0.2) is 11.4 Å². The molecular formula is C13H20N2OS. The van der Waals surface area contributed by atoms with Crippen LogP contribution in [0.4, 0.5) is 0 Å². The second-order valence-electron chi connectivity index (χ2n) is 5.34. The minimum absolute atomic E-state index is 0.216. The lowest BCUT2D eigenvalue weighted by Crippen LogP contribution is -2.44. The van der Waals surface area contributed by atoms with Gasteiger partial charge in [0, 0.05) is 43.1 Å². The van der Waals surface area contributed by atoms with Crippen LogP contribution in [0, 0.1) is 5.41 Å². The Morgan fingerprint density at radius 2 is 2.47 bits per heavy atom. The standard InChI is InChI=1S/C13H20N2OS/c14-8-13(3-5-16-10-13)9-15-4-1-12-11(7-15)2-6-17-12/h2,6H,1,3-5,7-10,14H2. The average Bonchev–Trinajstić information content (AvgIpc) is 2.97. The van der Waals surface area contributed by atoms with Gasteiger partial charge in [-0.15, -0.1) is 11.3 Å². The zero-order valence-corrected chi connectivity index (χ0v) is 11.0. The molecule has 2 aliphatic heterocycles. The van der Waals surface area contributed by atoms with Gasteiger partial charge in [0.25, 0.3) is 0 Å². The van der Waals surface area contributed by atoms with Crippen molar-refractivity contribution in [1.29, 1.82) is 0 Å². The van der Waals surface area contributed by atoms with Gasteiger partial charge in [0.05, 0.1) is 6.61 Å². The Kier molecular flexibility index (Phi) is 3.21. The Morgan fingerprint density at radius 1 is 1.53 bits per heavy atom. The first-order valence-corrected chi connectivity index (χ1v) is 7.25. The van der Waals surface area contributed by atoms with Crippen LogP contribution in [0.2, 0.25) is 0 Å². The van der Waals surface area contributed by atoms with Gasteiger partial charge >= 0.3 is 0 Å². The van der Waals surface area contributed by atoms with Crippen molar-refractivity contribution in [1.82, 2.24) is 4.90 Å². The molecule has 1 aromatic heterocycles. The first-order valence-electron chi connectivity index (χ1n) is 6.37. The molecule has 1 aromatic rings. The van der Waals surface area contributed by atoms with Crippen LogP contribution >= 0.6 is 11.3 Å². The summed E-state index contributed by atoms with van der Waals surface area (Å²) in [6.07, 6.45) is 2.32. The van der Waals surface area contributed by atoms with E-state index in [0.717, 1.165) is 39.3 Å². The van der Waals surface area contributed by atoms with E-state index in [4.69, 9.17) is 10.5 Å². The van der Waals surface area contributed by atoms with E-state index >= 15 is 0 Å². The van der Waals surface area contributed by atoms with Gasteiger partial charge in [-0.25, -0.2) is 0 Å². The Morgan fingerprint density at radius 3 is 3.24 bits per heavy atom. The number of hydrogen-bond donors (Lipinski definition) is 1. The lowest BCUT2D eigenvalue weighted by Gasteiger charge is -2.35. The molecular weight excluding hydrogens is 232 g/mol. The third-order valence-electron chi connectivity index (χ3n) is 4.06. The zero-order chi connectivity index (χ0) is 11.7. The van der Waals surface area contributed by atoms with Gasteiger partial charge in [-0.1, -0.05) is 0 Å². The van der Waals surface area contributed by atoms with Crippen molar-refractivity contribution in [2.45, 2.75) is 19.4 Å². The van der Waals surface area contributed by atoms with Gasteiger partial charge in [-0.05, 0) is 29.9 Å². The molecule has 1 atom stereocenters. The smallest absolute Gasteiger partial charge is 0.0547 e. The zero-order valence-electron chi connectivity index (χ0n) is 10.2. The van der Waals surface area contributed by atoms with Crippen molar-refractivity contribution in [3.8, 4) is 0 Å². The first-order chi connectivity index (χ1) is 8.31. The van der Waals surface area contributed by atoms with Gasteiger partial charge < -0.3 is 10.5 Å². The SMILES string of the molecule is NCC1(CN2CCc3sccc3C2)CCOC1. The highest BCUT2D eigenvalue weighted by molar-refractivity contribution is 7.10. The third kappa shape index (κ3) is 2.27. The Labute approximate surface area is 107 Å². The summed E-state index contributed by atoms with van der Waals surface area (Å²) >= 11 is 1.90. The number of hydrogen-bond acceptors (Lipinski definition) is 4. The summed E-state index contributed by atoms with van der Waals surface area (Å²) in [5, 5.41) is 2.21. The third-order valence-corrected chi connectivity index (χ3v) is 5.09. The minimum Gasteiger partial charge on any atom is -0.381 e. The van der Waals surface area contributed by atoms with Crippen LogP contribution in [-0.4, -0.2) is 37.7 Å². The normalized spacial score (nSPS) is 29.5. The molecule has 3 nitrogen and oxygen atoms in total. The molecule has 0 aliphatic carbocycles. The van der Waals surface area contributed by atoms with E-state index in [2.05, 4.69) is 16.3 Å². The fourth-order valence-electron chi connectivity index (χ4n) is 2.92. The Balaban J connectivity index is 1.67. The predicted molar refractivity (Wildman–Crippen MR) is 70.2 cm³/mol. The van der Waals surface area contributed by atoms with Gasteiger partial charge in [0.1, 0.15) is 0 Å². The summed E-state index contributed by atoms with van der Waals surface area (Å²) in [6, 6.07) is 2.27. The monoisotopic (exact) mass is 252 g/mol. The topological polar surface area (TPSA) is 38.5 Å². The summed E-state index contributed by atoms with van der Waals surface area (Å²) in [4.78, 5) is 4.13. The van der Waals surface area contributed by atoms with Gasteiger partial charge in [0.15, 0.2) is 0 Å². The molecule has 1 unspecified atom stereocenters. The van der Waals surface area contributed by atoms with Crippen LogP contribution in [0.25, 0.3) is 0 Å². The molecule has 0 radical (unpaired) electrons. The fourth-order valence-corrected chi connectivity index (χ4v) is 3.81. The summed E-state index contributed by atoms with van der Waals surface area (Å²) in [7, 11) is 0. The quantitative estimate of drug-likeness (QED) is 0.885. The second kappa shape index (κ2) is 4.69. The lowest BCUT2D eigenvalue weighted by atomic mass is 9.86. The molecule has 0 bridgehead atoms. The van der Waals surface area contributed by atoms with Gasteiger partial charge in [-0.2, -0.15) is 0 Å². The van der Waals surface area contributed by atoms with Gasteiger partial charge in [0.2, 0.25) is 0 Å². The molecule has 2 aliphatic rings. The minimum atomic E-state index is 0.216. The van der Waals surface area contributed by atoms with Crippen LogP contribution in [-0.2, 0) is 17.7 Å². The van der Waals surface area contributed by atoms with Crippen molar-refractivity contribution in [2.75, 3.05) is 32.8 Å². The highest BCUT2D eigenvalue weighted by Gasteiger charge is 2.36. The van der Waals surface area contributed by atoms with E-state index in [1.54, 1.807) is 4.88 Å². The maximum Gasteiger partial charge on any atom is 0.0547 e. The number of rotatable bonds is 3. The molecule has 0 saturated carbocycles. The van der Waals surface area contributed by atoms with E-state index in [-0.39, 0.29) is 5.41 Å². The molecule has 94 valence electrons. The number of thiophene rings is 1. The van der Waals surface area contributed by atoms with Crippen molar-refractivity contribution < 1.29 is 4.74 Å². The number of nitrogens with two attached hydrogens (primary N) is 1. The fraction of sp³-hybridized carbons (Fsp3) is 0.692. The first kappa shape index (κ1) is 11.7. The highest BCUT2D eigenvalue weighted by Crippen LogP contribution is 2.31. The average molecular weight is 252 g/mol. The van der Waals surface area contributed by atoms with Crippen LogP contribution < -0.4 is 5.73 Å². The molecule has 3 heterocycles. The molecule has 2 N–H and O–H groups in total. The van der Waals surface area contributed by atoms with E-state index in [9.17, 15) is 0 Å². The predicted octanol–water partition coefficient (Wildman–Crippen LogP) is 1.47. The molecule has 17 heavy (non-hydrogen) atoms. The van der Waals surface area contributed by atoms with E-state index in [1.807, 2.05) is 11.3 Å². The number of fused-ring (bicyclic) bond motifs is 1. The molecule has 4 heteroatoms. The Hall–Kier alpha value is -0.420. The van der Waals surface area contributed by atoms with E-state index in [0.29, 0.717) is 0 Å². The maximum atomic E-state index is 5.96. The molecule has 3 rings (SSSR count). The van der Waals surface area contributed by atoms with Gasteiger partial charge in [-0.3, -0.25) is 4.90 Å². The molecule has 0 aromatic carbocycles. The highest BCUT2D eigenvalue weighted by atomic mass is 32.1. The van der Waals surface area contributed by atoms with Crippen LogP contribution in [0.5, 0.6) is 0 Å². The van der Waals surface area contributed by atoms with Crippen molar-refractivity contribution in [3.63, 3.8) is 0 Å². The lowest BCUT2D eigenvalue weighted by molar-refractivity contribution is 0.109. The molecule has 0 amide bonds. The van der Waals surface area contributed by atoms with Crippen molar-refractivity contribution >= 4 is 11.3 Å². The van der Waals surface area contributed by atoms with Crippen molar-refractivity contribution in [3.05, 3.63) is 21.9 Å². The summed E-state index contributed by atoms with van der Waals surface area (Å²) in [6.45, 7) is 5.85. The number of ether oxygens (including phenoxy) is 1. The van der Waals surface area contributed by atoms with E-state index < -0.39 is 0 Å². The molecule has 0 spiro atoms. The number of nitrogens with zero attached hydrogens (tertiary/aromatic N) is 1. The maximum absolute atomic E-state index is 5.96. The van der Waals surface area contributed by atoms with Crippen LogP contribution in [0.3, 0.4) is 0 Å². The largest absolute Gasteiger partial charge is 0.381 e.